The highest BCUT2D eigenvalue weighted by molar-refractivity contribution is 5.85. The fourth-order valence-electron chi connectivity index (χ4n) is 0.714. The molecule has 0 saturated carbocycles. The van der Waals surface area contributed by atoms with Gasteiger partial charge in [-0.05, 0) is 13.5 Å². The molecule has 0 aliphatic rings. The summed E-state index contributed by atoms with van der Waals surface area (Å²) >= 11 is 0. The third-order valence-electron chi connectivity index (χ3n) is 1.37. The summed E-state index contributed by atoms with van der Waals surface area (Å²) in [6.07, 6.45) is 0.346. The Morgan fingerprint density at radius 3 is 2.67 bits per heavy atom. The van der Waals surface area contributed by atoms with E-state index in [4.69, 9.17) is 14.7 Å². The van der Waals surface area contributed by atoms with E-state index < -0.39 is 5.97 Å². The van der Waals surface area contributed by atoms with Gasteiger partial charge in [0, 0.05) is 0 Å². The molecule has 15 heavy (non-hydrogen) atoms. The van der Waals surface area contributed by atoms with Crippen molar-refractivity contribution in [2.45, 2.75) is 13.3 Å². The molecule has 0 radical (unpaired) electrons. The van der Waals surface area contributed by atoms with Crippen molar-refractivity contribution in [3.8, 4) is 6.07 Å². The number of carbonyl (C=O) groups excluding carboxylic acids is 1. The summed E-state index contributed by atoms with van der Waals surface area (Å²) in [4.78, 5) is 11.0. The molecule has 0 unspecified atom stereocenters. The smallest absolute Gasteiger partial charge is 0.372 e. The molecule has 0 aromatic rings. The van der Waals surface area contributed by atoms with Gasteiger partial charge in [-0.1, -0.05) is 0 Å². The number of ether oxygens (including phenoxy) is 3. The van der Waals surface area contributed by atoms with Crippen molar-refractivity contribution in [3.63, 3.8) is 0 Å². The third kappa shape index (κ3) is 7.52. The Morgan fingerprint density at radius 2 is 2.07 bits per heavy atom. The lowest BCUT2D eigenvalue weighted by molar-refractivity contribution is -0.142. The SMILES string of the molecule is C=C(OCCOCCC#N)C(=O)OCC. The topological polar surface area (TPSA) is 68.5 Å². The molecule has 0 aliphatic heterocycles. The predicted octanol–water partition coefficient (Wildman–Crippen LogP) is 1.01. The highest BCUT2D eigenvalue weighted by Crippen LogP contribution is 1.97. The Labute approximate surface area is 89.2 Å². The second-order valence-corrected chi connectivity index (χ2v) is 2.51. The predicted molar refractivity (Wildman–Crippen MR) is 52.8 cm³/mol. The third-order valence-corrected chi connectivity index (χ3v) is 1.37. The first-order chi connectivity index (χ1) is 7.22. The lowest BCUT2D eigenvalue weighted by atomic mass is 10.5. The van der Waals surface area contributed by atoms with Crippen LogP contribution in [-0.4, -0.2) is 32.4 Å². The van der Waals surface area contributed by atoms with E-state index in [-0.39, 0.29) is 12.4 Å². The van der Waals surface area contributed by atoms with Crippen molar-refractivity contribution >= 4 is 5.97 Å². The van der Waals surface area contributed by atoms with E-state index in [1.807, 2.05) is 6.07 Å². The van der Waals surface area contributed by atoms with Crippen LogP contribution in [0, 0.1) is 11.3 Å². The first-order valence-electron chi connectivity index (χ1n) is 4.65. The van der Waals surface area contributed by atoms with E-state index >= 15 is 0 Å². The molecule has 0 saturated heterocycles. The zero-order valence-corrected chi connectivity index (χ0v) is 8.82. The quantitative estimate of drug-likeness (QED) is 0.260. The monoisotopic (exact) mass is 213 g/mol. The molecule has 0 spiro atoms. The van der Waals surface area contributed by atoms with E-state index in [9.17, 15) is 4.79 Å². The molecule has 0 heterocycles. The summed E-state index contributed by atoms with van der Waals surface area (Å²) in [6.45, 7) is 6.31. The standard InChI is InChI=1S/C10H15NO4/c1-3-14-10(12)9(2)15-8-7-13-6-4-5-11/h2-4,6-8H2,1H3. The van der Waals surface area contributed by atoms with E-state index in [2.05, 4.69) is 11.3 Å². The fourth-order valence-corrected chi connectivity index (χ4v) is 0.714. The van der Waals surface area contributed by atoms with E-state index in [1.165, 1.54) is 0 Å². The molecular weight excluding hydrogens is 198 g/mol. The van der Waals surface area contributed by atoms with Crippen LogP contribution in [0.1, 0.15) is 13.3 Å². The highest BCUT2D eigenvalue weighted by atomic mass is 16.6. The average Bonchev–Trinajstić information content (AvgIpc) is 2.23. The normalized spacial score (nSPS) is 9.07. The van der Waals surface area contributed by atoms with Crippen molar-refractivity contribution < 1.29 is 19.0 Å². The zero-order valence-electron chi connectivity index (χ0n) is 8.82. The van der Waals surface area contributed by atoms with Gasteiger partial charge in [0.25, 0.3) is 0 Å². The van der Waals surface area contributed by atoms with Crippen molar-refractivity contribution in [1.82, 2.24) is 0 Å². The average molecular weight is 213 g/mol. The van der Waals surface area contributed by atoms with Crippen LogP contribution in [0.3, 0.4) is 0 Å². The lowest BCUT2D eigenvalue weighted by Gasteiger charge is -2.07. The van der Waals surface area contributed by atoms with E-state index in [0.717, 1.165) is 0 Å². The molecule has 0 aromatic heterocycles. The van der Waals surface area contributed by atoms with Gasteiger partial charge in [0.1, 0.15) is 6.61 Å². The van der Waals surface area contributed by atoms with E-state index in [0.29, 0.717) is 26.2 Å². The maximum absolute atomic E-state index is 11.0. The maximum atomic E-state index is 11.0. The Bertz CT molecular complexity index is 244. The van der Waals surface area contributed by atoms with Crippen molar-refractivity contribution in [2.24, 2.45) is 0 Å². The molecular formula is C10H15NO4. The summed E-state index contributed by atoms with van der Waals surface area (Å²) in [5.41, 5.74) is 0. The molecule has 0 atom stereocenters. The number of hydrogen-bond donors (Lipinski definition) is 0. The molecule has 84 valence electrons. The molecule has 0 N–H and O–H groups in total. The van der Waals surface area contributed by atoms with Gasteiger partial charge in [0.15, 0.2) is 5.76 Å². The van der Waals surface area contributed by atoms with Crippen LogP contribution in [0.15, 0.2) is 12.3 Å². The van der Waals surface area contributed by atoms with Crippen LogP contribution in [-0.2, 0) is 19.0 Å². The van der Waals surface area contributed by atoms with Crippen LogP contribution >= 0.6 is 0 Å². The fraction of sp³-hybridized carbons (Fsp3) is 0.600. The number of hydrogen-bond acceptors (Lipinski definition) is 5. The summed E-state index contributed by atoms with van der Waals surface area (Å²) in [6, 6.07) is 1.94. The molecule has 5 heteroatoms. The molecule has 0 rings (SSSR count). The minimum absolute atomic E-state index is 0.0271. The summed E-state index contributed by atoms with van der Waals surface area (Å²) in [7, 11) is 0. The first-order valence-corrected chi connectivity index (χ1v) is 4.65. The summed E-state index contributed by atoms with van der Waals surface area (Å²) in [5.74, 6) is -0.588. The molecule has 0 bridgehead atoms. The van der Waals surface area contributed by atoms with Gasteiger partial charge in [-0.3, -0.25) is 0 Å². The van der Waals surface area contributed by atoms with Gasteiger partial charge in [0.05, 0.1) is 32.3 Å². The van der Waals surface area contributed by atoms with Crippen LogP contribution in [0.4, 0.5) is 0 Å². The summed E-state index contributed by atoms with van der Waals surface area (Å²) < 4.78 is 14.6. The van der Waals surface area contributed by atoms with Crippen LogP contribution in [0.2, 0.25) is 0 Å². The second-order valence-electron chi connectivity index (χ2n) is 2.51. The highest BCUT2D eigenvalue weighted by Gasteiger charge is 2.07. The number of esters is 1. The van der Waals surface area contributed by atoms with Gasteiger partial charge in [-0.2, -0.15) is 5.26 Å². The van der Waals surface area contributed by atoms with Gasteiger partial charge in [0.2, 0.25) is 0 Å². The molecule has 0 fully saturated rings. The minimum atomic E-state index is -0.561. The molecule has 0 amide bonds. The van der Waals surface area contributed by atoms with Gasteiger partial charge < -0.3 is 14.2 Å². The lowest BCUT2D eigenvalue weighted by Crippen LogP contribution is -2.12. The molecule has 0 aromatic carbocycles. The van der Waals surface area contributed by atoms with Crippen LogP contribution in [0.5, 0.6) is 0 Å². The Balaban J connectivity index is 3.39. The largest absolute Gasteiger partial charge is 0.485 e. The van der Waals surface area contributed by atoms with Gasteiger partial charge in [-0.25, -0.2) is 4.79 Å². The Morgan fingerprint density at radius 1 is 1.33 bits per heavy atom. The van der Waals surface area contributed by atoms with Crippen LogP contribution < -0.4 is 0 Å². The van der Waals surface area contributed by atoms with Crippen molar-refractivity contribution in [1.29, 1.82) is 5.26 Å². The second kappa shape index (κ2) is 9.03. The Kier molecular flexibility index (Phi) is 8.10. The number of rotatable bonds is 8. The summed E-state index contributed by atoms with van der Waals surface area (Å²) in [5, 5.41) is 8.21. The van der Waals surface area contributed by atoms with Crippen molar-refractivity contribution in [2.75, 3.05) is 26.4 Å². The van der Waals surface area contributed by atoms with Gasteiger partial charge in [-0.15, -0.1) is 0 Å². The number of nitrogens with zero attached hydrogens (tertiary/aromatic N) is 1. The maximum Gasteiger partial charge on any atom is 0.372 e. The minimum Gasteiger partial charge on any atom is -0.485 e. The number of carbonyl (C=O) groups is 1. The van der Waals surface area contributed by atoms with Crippen molar-refractivity contribution in [3.05, 3.63) is 12.3 Å². The zero-order chi connectivity index (χ0) is 11.5. The first kappa shape index (κ1) is 13.5. The Hall–Kier alpha value is -1.54. The van der Waals surface area contributed by atoms with Crippen LogP contribution in [0.25, 0.3) is 0 Å². The van der Waals surface area contributed by atoms with E-state index in [1.54, 1.807) is 6.92 Å². The van der Waals surface area contributed by atoms with Gasteiger partial charge >= 0.3 is 5.97 Å². The molecule has 5 nitrogen and oxygen atoms in total. The number of nitriles is 1. The molecule has 0 aliphatic carbocycles.